The van der Waals surface area contributed by atoms with Crippen LogP contribution in [-0.4, -0.2) is 23.6 Å². The van der Waals surface area contributed by atoms with Gasteiger partial charge in [-0.2, -0.15) is 0 Å². The minimum Gasteiger partial charge on any atom is -0.368 e. The number of benzene rings is 1. The third-order valence-corrected chi connectivity index (χ3v) is 2.88. The van der Waals surface area contributed by atoms with Crippen LogP contribution in [0, 0.1) is 0 Å². The minimum atomic E-state index is -0.843. The average Bonchev–Trinajstić information content (AvgIpc) is 2.36. The molecule has 0 aliphatic carbocycles. The van der Waals surface area contributed by atoms with Gasteiger partial charge in [0, 0.05) is 0 Å². The molecule has 1 unspecified atom stereocenters. The van der Waals surface area contributed by atoms with E-state index in [1.165, 1.54) is 0 Å². The summed E-state index contributed by atoms with van der Waals surface area (Å²) in [5.74, 6) is -0.0304. The standard InChI is InChI=1S/C16H24O3/c1-12(2)19-13(3)15(17)16(4,5)18-11-14-9-7-6-8-10-14/h6-10,12-13H,11H2,1-5H3. The van der Waals surface area contributed by atoms with E-state index in [4.69, 9.17) is 9.47 Å². The van der Waals surface area contributed by atoms with Gasteiger partial charge in [0.25, 0.3) is 0 Å². The van der Waals surface area contributed by atoms with Crippen LogP contribution >= 0.6 is 0 Å². The van der Waals surface area contributed by atoms with Gasteiger partial charge in [0.1, 0.15) is 11.7 Å². The minimum absolute atomic E-state index is 0.0304. The number of ketones is 1. The highest BCUT2D eigenvalue weighted by Gasteiger charge is 2.33. The fraction of sp³-hybridized carbons (Fsp3) is 0.562. The van der Waals surface area contributed by atoms with Crippen molar-refractivity contribution in [2.75, 3.05) is 0 Å². The van der Waals surface area contributed by atoms with E-state index < -0.39 is 11.7 Å². The van der Waals surface area contributed by atoms with Gasteiger partial charge in [-0.15, -0.1) is 0 Å². The lowest BCUT2D eigenvalue weighted by Gasteiger charge is -2.28. The van der Waals surface area contributed by atoms with Crippen LogP contribution in [0.4, 0.5) is 0 Å². The first-order valence-electron chi connectivity index (χ1n) is 6.70. The number of Topliss-reactive ketones (excluding diaryl/α,β-unsaturated/α-hetero) is 1. The molecular weight excluding hydrogens is 240 g/mol. The zero-order valence-corrected chi connectivity index (χ0v) is 12.5. The highest BCUT2D eigenvalue weighted by Crippen LogP contribution is 2.18. The highest BCUT2D eigenvalue weighted by molar-refractivity contribution is 5.90. The zero-order valence-electron chi connectivity index (χ0n) is 12.5. The molecule has 0 aliphatic heterocycles. The van der Waals surface area contributed by atoms with Crippen molar-refractivity contribution in [2.45, 2.75) is 59.0 Å². The maximum Gasteiger partial charge on any atom is 0.192 e. The molecule has 0 saturated carbocycles. The lowest BCUT2D eigenvalue weighted by molar-refractivity contribution is -0.155. The topological polar surface area (TPSA) is 35.5 Å². The van der Waals surface area contributed by atoms with Crippen LogP contribution in [0.5, 0.6) is 0 Å². The number of hydrogen-bond donors (Lipinski definition) is 0. The van der Waals surface area contributed by atoms with Crippen molar-refractivity contribution < 1.29 is 14.3 Å². The molecule has 3 heteroatoms. The lowest BCUT2D eigenvalue weighted by atomic mass is 9.99. The summed E-state index contributed by atoms with van der Waals surface area (Å²) in [4.78, 5) is 12.3. The monoisotopic (exact) mass is 264 g/mol. The van der Waals surface area contributed by atoms with Gasteiger partial charge in [-0.25, -0.2) is 0 Å². The van der Waals surface area contributed by atoms with Gasteiger partial charge in [-0.1, -0.05) is 30.3 Å². The molecule has 19 heavy (non-hydrogen) atoms. The van der Waals surface area contributed by atoms with Crippen molar-refractivity contribution in [3.8, 4) is 0 Å². The molecule has 106 valence electrons. The van der Waals surface area contributed by atoms with E-state index in [-0.39, 0.29) is 11.9 Å². The Labute approximate surface area is 115 Å². The maximum absolute atomic E-state index is 12.3. The second-order valence-electron chi connectivity index (χ2n) is 5.48. The van der Waals surface area contributed by atoms with E-state index in [1.807, 2.05) is 44.2 Å². The second-order valence-corrected chi connectivity index (χ2v) is 5.48. The predicted molar refractivity (Wildman–Crippen MR) is 76.0 cm³/mol. The molecule has 3 nitrogen and oxygen atoms in total. The Morgan fingerprint density at radius 2 is 1.74 bits per heavy atom. The smallest absolute Gasteiger partial charge is 0.192 e. The third-order valence-electron chi connectivity index (χ3n) is 2.88. The Kier molecular flexibility index (Phi) is 5.70. The van der Waals surface area contributed by atoms with Gasteiger partial charge in [0.15, 0.2) is 5.78 Å². The fourth-order valence-corrected chi connectivity index (χ4v) is 1.87. The first-order chi connectivity index (χ1) is 8.83. The molecule has 0 fully saturated rings. The molecule has 0 heterocycles. The summed E-state index contributed by atoms with van der Waals surface area (Å²) < 4.78 is 11.3. The van der Waals surface area contributed by atoms with E-state index in [0.29, 0.717) is 6.61 Å². The molecule has 1 atom stereocenters. The molecule has 0 bridgehead atoms. The SMILES string of the molecule is CC(C)OC(C)C(=O)C(C)(C)OCc1ccccc1. The molecule has 0 spiro atoms. The van der Waals surface area contributed by atoms with Gasteiger partial charge in [-0.05, 0) is 40.2 Å². The van der Waals surface area contributed by atoms with Gasteiger partial charge in [0.05, 0.1) is 12.7 Å². The number of rotatable bonds is 7. The molecule has 0 aromatic heterocycles. The van der Waals surface area contributed by atoms with Gasteiger partial charge >= 0.3 is 0 Å². The van der Waals surface area contributed by atoms with Crippen LogP contribution in [0.3, 0.4) is 0 Å². The van der Waals surface area contributed by atoms with Crippen LogP contribution in [0.25, 0.3) is 0 Å². The van der Waals surface area contributed by atoms with E-state index in [0.717, 1.165) is 5.56 Å². The van der Waals surface area contributed by atoms with Gasteiger partial charge in [0.2, 0.25) is 0 Å². The van der Waals surface area contributed by atoms with Gasteiger partial charge in [-0.3, -0.25) is 4.79 Å². The Balaban J connectivity index is 2.57. The zero-order chi connectivity index (χ0) is 14.5. The molecule has 0 N–H and O–H groups in total. The van der Waals surface area contributed by atoms with Crippen molar-refractivity contribution in [3.05, 3.63) is 35.9 Å². The number of carbonyl (C=O) groups is 1. The Morgan fingerprint density at radius 1 is 1.16 bits per heavy atom. The summed E-state index contributed by atoms with van der Waals surface area (Å²) in [6, 6.07) is 9.83. The molecule has 0 amide bonds. The summed E-state index contributed by atoms with van der Waals surface area (Å²) in [5, 5.41) is 0. The number of ether oxygens (including phenoxy) is 2. The van der Waals surface area contributed by atoms with Crippen LogP contribution < -0.4 is 0 Å². The first-order valence-corrected chi connectivity index (χ1v) is 6.70. The van der Waals surface area contributed by atoms with Crippen molar-refractivity contribution in [1.29, 1.82) is 0 Å². The molecule has 1 aromatic rings. The molecule has 0 radical (unpaired) electrons. The molecular formula is C16H24O3. The molecule has 1 rings (SSSR count). The Morgan fingerprint density at radius 3 is 2.26 bits per heavy atom. The molecule has 1 aromatic carbocycles. The number of hydrogen-bond acceptors (Lipinski definition) is 3. The summed E-state index contributed by atoms with van der Waals surface area (Å²) in [6.07, 6.45) is -0.422. The number of carbonyl (C=O) groups excluding carboxylic acids is 1. The van der Waals surface area contributed by atoms with Crippen LogP contribution in [0.1, 0.15) is 40.2 Å². The second kappa shape index (κ2) is 6.83. The Hall–Kier alpha value is -1.19. The van der Waals surface area contributed by atoms with Gasteiger partial charge < -0.3 is 9.47 Å². The first kappa shape index (κ1) is 15.9. The normalized spacial score (nSPS) is 13.6. The summed E-state index contributed by atoms with van der Waals surface area (Å²) >= 11 is 0. The lowest BCUT2D eigenvalue weighted by Crippen LogP contribution is -2.43. The summed E-state index contributed by atoms with van der Waals surface area (Å²) in [5.41, 5.74) is 0.213. The van der Waals surface area contributed by atoms with Crippen molar-refractivity contribution in [2.24, 2.45) is 0 Å². The predicted octanol–water partition coefficient (Wildman–Crippen LogP) is 3.36. The quantitative estimate of drug-likeness (QED) is 0.757. The van der Waals surface area contributed by atoms with Crippen molar-refractivity contribution in [1.82, 2.24) is 0 Å². The van der Waals surface area contributed by atoms with E-state index >= 15 is 0 Å². The fourth-order valence-electron chi connectivity index (χ4n) is 1.87. The summed E-state index contributed by atoms with van der Waals surface area (Å²) in [7, 11) is 0. The Bertz CT molecular complexity index is 396. The van der Waals surface area contributed by atoms with Crippen molar-refractivity contribution in [3.63, 3.8) is 0 Å². The highest BCUT2D eigenvalue weighted by atomic mass is 16.5. The molecule has 0 aliphatic rings. The van der Waals surface area contributed by atoms with Crippen LogP contribution in [0.2, 0.25) is 0 Å². The largest absolute Gasteiger partial charge is 0.368 e. The van der Waals surface area contributed by atoms with Crippen molar-refractivity contribution >= 4 is 5.78 Å². The average molecular weight is 264 g/mol. The summed E-state index contributed by atoms with van der Waals surface area (Å²) in [6.45, 7) is 9.62. The molecule has 0 saturated heterocycles. The van der Waals surface area contributed by atoms with E-state index in [2.05, 4.69) is 0 Å². The van der Waals surface area contributed by atoms with E-state index in [1.54, 1.807) is 20.8 Å². The van der Waals surface area contributed by atoms with Crippen LogP contribution in [-0.2, 0) is 20.9 Å². The van der Waals surface area contributed by atoms with E-state index in [9.17, 15) is 4.79 Å². The third kappa shape index (κ3) is 5.13. The maximum atomic E-state index is 12.3. The van der Waals surface area contributed by atoms with Crippen LogP contribution in [0.15, 0.2) is 30.3 Å².